The number of hydrogen-bond donors (Lipinski definition) is 1. The molecule has 0 aliphatic rings. The average Bonchev–Trinajstić information content (AvgIpc) is 2.26. The molecule has 19 heavy (non-hydrogen) atoms. The van der Waals surface area contributed by atoms with E-state index in [-0.39, 0.29) is 5.41 Å². The lowest BCUT2D eigenvalue weighted by Crippen LogP contribution is -2.32. The fourth-order valence-electron chi connectivity index (χ4n) is 1.22. The third-order valence-electron chi connectivity index (χ3n) is 2.60. The van der Waals surface area contributed by atoms with E-state index in [4.69, 9.17) is 0 Å². The van der Waals surface area contributed by atoms with Gasteiger partial charge in [0.15, 0.2) is 9.84 Å². The monoisotopic (exact) mass is 285 g/mol. The molecular formula is C12H19N3O3S. The molecule has 0 aliphatic carbocycles. The molecule has 0 fully saturated rings. The Kier molecular flexibility index (Phi) is 4.29. The molecule has 0 aliphatic heterocycles. The Morgan fingerprint density at radius 1 is 1.26 bits per heavy atom. The first-order valence-corrected chi connectivity index (χ1v) is 7.79. The van der Waals surface area contributed by atoms with Gasteiger partial charge >= 0.3 is 0 Å². The first-order valence-electron chi connectivity index (χ1n) is 5.84. The zero-order valence-corrected chi connectivity index (χ0v) is 12.6. The maximum atomic E-state index is 11.7. The van der Waals surface area contributed by atoms with E-state index < -0.39 is 21.0 Å². The molecule has 0 saturated heterocycles. The van der Waals surface area contributed by atoms with Crippen molar-refractivity contribution < 1.29 is 13.2 Å². The van der Waals surface area contributed by atoms with E-state index >= 15 is 0 Å². The maximum Gasteiger partial charge on any atom is 0.242 e. The maximum absolute atomic E-state index is 11.7. The van der Waals surface area contributed by atoms with Crippen LogP contribution in [0.4, 0.5) is 5.69 Å². The number of carbonyl (C=O) groups excluding carboxylic acids is 1. The van der Waals surface area contributed by atoms with Crippen LogP contribution in [0.25, 0.3) is 0 Å². The first-order chi connectivity index (χ1) is 8.51. The van der Waals surface area contributed by atoms with Crippen molar-refractivity contribution >= 4 is 21.4 Å². The number of hydrogen-bond acceptors (Lipinski definition) is 5. The van der Waals surface area contributed by atoms with Crippen LogP contribution >= 0.6 is 0 Å². The van der Waals surface area contributed by atoms with Gasteiger partial charge in [0.2, 0.25) is 5.91 Å². The molecule has 1 aromatic heterocycles. The van der Waals surface area contributed by atoms with E-state index in [0.29, 0.717) is 11.5 Å². The van der Waals surface area contributed by atoms with E-state index in [1.807, 2.05) is 20.8 Å². The quantitative estimate of drug-likeness (QED) is 0.899. The molecule has 1 atom stereocenters. The van der Waals surface area contributed by atoms with E-state index in [2.05, 4.69) is 15.3 Å². The van der Waals surface area contributed by atoms with Crippen molar-refractivity contribution in [3.05, 3.63) is 18.2 Å². The van der Waals surface area contributed by atoms with Crippen LogP contribution in [0.15, 0.2) is 12.4 Å². The van der Waals surface area contributed by atoms with Crippen molar-refractivity contribution in [3.63, 3.8) is 0 Å². The van der Waals surface area contributed by atoms with E-state index in [0.717, 1.165) is 6.26 Å². The first kappa shape index (κ1) is 15.6. The number of carbonyl (C=O) groups is 1. The highest BCUT2D eigenvalue weighted by Crippen LogP contribution is 2.18. The van der Waals surface area contributed by atoms with Gasteiger partial charge in [-0.15, -0.1) is 0 Å². The molecular weight excluding hydrogens is 266 g/mol. The molecule has 0 spiro atoms. The highest BCUT2D eigenvalue weighted by atomic mass is 32.2. The Bertz CT molecular complexity index is 559. The predicted molar refractivity (Wildman–Crippen MR) is 73.7 cm³/mol. The van der Waals surface area contributed by atoms with Crippen LogP contribution < -0.4 is 5.32 Å². The summed E-state index contributed by atoms with van der Waals surface area (Å²) >= 11 is 0. The minimum atomic E-state index is -3.41. The van der Waals surface area contributed by atoms with Gasteiger partial charge in [0, 0.05) is 11.7 Å². The minimum absolute atomic E-state index is 0.178. The van der Waals surface area contributed by atoms with Crippen LogP contribution in [0.5, 0.6) is 0 Å². The summed E-state index contributed by atoms with van der Waals surface area (Å²) in [5.74, 6) is 0.0660. The number of aromatic nitrogens is 2. The van der Waals surface area contributed by atoms with Gasteiger partial charge in [-0.3, -0.25) is 4.79 Å². The summed E-state index contributed by atoms with van der Waals surface area (Å²) in [5, 5.41) is 1.38. The Labute approximate surface area is 113 Å². The second kappa shape index (κ2) is 5.24. The normalized spacial score (nSPS) is 13.9. The highest BCUT2D eigenvalue weighted by Gasteiger charge is 2.24. The summed E-state index contributed by atoms with van der Waals surface area (Å²) < 4.78 is 22.5. The van der Waals surface area contributed by atoms with Crippen molar-refractivity contribution in [2.45, 2.75) is 38.4 Å². The van der Waals surface area contributed by atoms with Crippen LogP contribution in [-0.4, -0.2) is 35.8 Å². The number of amides is 1. The second-order valence-corrected chi connectivity index (χ2v) is 7.87. The fourth-order valence-corrected chi connectivity index (χ4v) is 1.67. The summed E-state index contributed by atoms with van der Waals surface area (Å²) in [6, 6.07) is 0. The van der Waals surface area contributed by atoms with Crippen molar-refractivity contribution in [2.24, 2.45) is 0 Å². The summed E-state index contributed by atoms with van der Waals surface area (Å²) in [6.07, 6.45) is 3.97. The molecule has 0 aromatic carbocycles. The Morgan fingerprint density at radius 2 is 1.74 bits per heavy atom. The molecule has 6 nitrogen and oxygen atoms in total. The predicted octanol–water partition coefficient (Wildman–Crippen LogP) is 1.15. The van der Waals surface area contributed by atoms with Gasteiger partial charge in [-0.25, -0.2) is 18.4 Å². The Hall–Kier alpha value is -1.50. The molecule has 0 unspecified atom stereocenters. The summed E-state index contributed by atoms with van der Waals surface area (Å²) in [6.45, 7) is 7.28. The molecule has 7 heteroatoms. The van der Waals surface area contributed by atoms with Crippen LogP contribution in [0, 0.1) is 0 Å². The largest absolute Gasteiger partial charge is 0.322 e. The van der Waals surface area contributed by atoms with Crippen molar-refractivity contribution in [3.8, 4) is 0 Å². The standard InChI is InChI=1S/C12H19N3O3S/c1-8(19(5,17)18)10(16)15-9-6-13-11(14-7-9)12(2,3)4/h6-8H,1-5H3,(H,15,16)/t8-/m1/s1. The van der Waals surface area contributed by atoms with Crippen LogP contribution in [0.2, 0.25) is 0 Å². The summed E-state index contributed by atoms with van der Waals surface area (Å²) in [7, 11) is -3.41. The van der Waals surface area contributed by atoms with E-state index in [1.165, 1.54) is 19.3 Å². The number of anilines is 1. The Morgan fingerprint density at radius 3 is 2.11 bits per heavy atom. The van der Waals surface area contributed by atoms with Crippen LogP contribution in [-0.2, 0) is 20.0 Å². The molecule has 1 heterocycles. The number of rotatable bonds is 3. The van der Waals surface area contributed by atoms with Gasteiger partial charge in [0.1, 0.15) is 11.1 Å². The number of nitrogens with zero attached hydrogens (tertiary/aromatic N) is 2. The van der Waals surface area contributed by atoms with Gasteiger partial charge in [-0.2, -0.15) is 0 Å². The number of nitrogens with one attached hydrogen (secondary N) is 1. The molecule has 0 saturated carbocycles. The summed E-state index contributed by atoms with van der Waals surface area (Å²) in [4.78, 5) is 20.0. The van der Waals surface area contributed by atoms with Gasteiger partial charge < -0.3 is 5.32 Å². The third kappa shape index (κ3) is 4.27. The smallest absolute Gasteiger partial charge is 0.242 e. The molecule has 1 amide bonds. The topological polar surface area (TPSA) is 89.0 Å². The fraction of sp³-hybridized carbons (Fsp3) is 0.583. The minimum Gasteiger partial charge on any atom is -0.322 e. The van der Waals surface area contributed by atoms with Gasteiger partial charge in [0.05, 0.1) is 18.1 Å². The molecule has 0 radical (unpaired) electrons. The number of sulfone groups is 1. The Balaban J connectivity index is 2.82. The lowest BCUT2D eigenvalue weighted by Gasteiger charge is -2.16. The van der Waals surface area contributed by atoms with Gasteiger partial charge in [-0.1, -0.05) is 20.8 Å². The van der Waals surface area contributed by atoms with Crippen LogP contribution in [0.1, 0.15) is 33.5 Å². The zero-order valence-electron chi connectivity index (χ0n) is 11.8. The molecule has 1 rings (SSSR count). The van der Waals surface area contributed by atoms with Crippen molar-refractivity contribution in [2.75, 3.05) is 11.6 Å². The van der Waals surface area contributed by atoms with E-state index in [9.17, 15) is 13.2 Å². The summed E-state index contributed by atoms with van der Waals surface area (Å²) in [5.41, 5.74) is 0.205. The lowest BCUT2D eigenvalue weighted by molar-refractivity contribution is -0.115. The van der Waals surface area contributed by atoms with E-state index in [1.54, 1.807) is 0 Å². The van der Waals surface area contributed by atoms with Crippen molar-refractivity contribution in [1.29, 1.82) is 0 Å². The second-order valence-electron chi connectivity index (χ2n) is 5.51. The molecule has 1 aromatic rings. The van der Waals surface area contributed by atoms with Gasteiger partial charge in [-0.05, 0) is 6.92 Å². The SMILES string of the molecule is C[C@H](C(=O)Nc1cnc(C(C)(C)C)nc1)S(C)(=O)=O. The molecule has 1 N–H and O–H groups in total. The van der Waals surface area contributed by atoms with Crippen molar-refractivity contribution in [1.82, 2.24) is 9.97 Å². The lowest BCUT2D eigenvalue weighted by atomic mass is 9.96. The average molecular weight is 285 g/mol. The molecule has 106 valence electrons. The van der Waals surface area contributed by atoms with Crippen LogP contribution in [0.3, 0.4) is 0 Å². The third-order valence-corrected chi connectivity index (χ3v) is 4.10. The zero-order chi connectivity index (χ0) is 14.8. The van der Waals surface area contributed by atoms with Gasteiger partial charge in [0.25, 0.3) is 0 Å². The highest BCUT2D eigenvalue weighted by molar-refractivity contribution is 7.92. The molecule has 0 bridgehead atoms.